The predicted octanol–water partition coefficient (Wildman–Crippen LogP) is 2.43. The number of aromatic nitrogens is 2. The van der Waals surface area contributed by atoms with Gasteiger partial charge in [0.05, 0.1) is 16.7 Å². The second-order valence-corrected chi connectivity index (χ2v) is 3.95. The number of carbonyl (C=O) groups is 1. The van der Waals surface area contributed by atoms with Gasteiger partial charge in [0.1, 0.15) is 0 Å². The van der Waals surface area contributed by atoms with Gasteiger partial charge < -0.3 is 5.11 Å². The first-order chi connectivity index (χ1) is 8.25. The quantitative estimate of drug-likeness (QED) is 0.801. The van der Waals surface area contributed by atoms with Gasteiger partial charge in [0.25, 0.3) is 0 Å². The van der Waals surface area contributed by atoms with Crippen molar-refractivity contribution in [2.45, 2.75) is 25.7 Å². The largest absolute Gasteiger partial charge is 0.481 e. The standard InChI is InChI=1S/C13H14N2O2/c16-13(17)8-4-1-5-10-9-14-11-6-2-3-7-12(11)15-10/h2-3,6-7,9H,1,4-5,8H2,(H,16,17). The van der Waals surface area contributed by atoms with E-state index in [4.69, 9.17) is 5.11 Å². The molecule has 0 atom stereocenters. The molecule has 0 saturated heterocycles. The van der Waals surface area contributed by atoms with Crippen LogP contribution < -0.4 is 0 Å². The molecule has 0 fully saturated rings. The molecule has 0 bridgehead atoms. The van der Waals surface area contributed by atoms with E-state index in [2.05, 4.69) is 9.97 Å². The van der Waals surface area contributed by atoms with Crippen molar-refractivity contribution in [1.82, 2.24) is 9.97 Å². The molecule has 0 aliphatic heterocycles. The molecule has 2 rings (SSSR count). The van der Waals surface area contributed by atoms with Crippen LogP contribution in [0.4, 0.5) is 0 Å². The molecule has 1 aromatic carbocycles. The molecule has 1 aromatic heterocycles. The molecule has 4 heteroatoms. The molecule has 0 spiro atoms. The van der Waals surface area contributed by atoms with Crippen LogP contribution in [0.2, 0.25) is 0 Å². The van der Waals surface area contributed by atoms with E-state index in [1.807, 2.05) is 24.3 Å². The topological polar surface area (TPSA) is 63.1 Å². The van der Waals surface area contributed by atoms with Crippen molar-refractivity contribution in [3.8, 4) is 0 Å². The number of rotatable bonds is 5. The summed E-state index contributed by atoms with van der Waals surface area (Å²) in [5.74, 6) is -0.741. The molecule has 0 amide bonds. The first-order valence-electron chi connectivity index (χ1n) is 5.68. The number of hydrogen-bond donors (Lipinski definition) is 1. The Labute approximate surface area is 99.3 Å². The van der Waals surface area contributed by atoms with Crippen LogP contribution in [0.5, 0.6) is 0 Å². The molecule has 0 aliphatic rings. The van der Waals surface area contributed by atoms with Crippen LogP contribution in [-0.2, 0) is 11.2 Å². The van der Waals surface area contributed by atoms with Gasteiger partial charge in [-0.2, -0.15) is 0 Å². The van der Waals surface area contributed by atoms with Crippen LogP contribution in [0.15, 0.2) is 30.5 Å². The van der Waals surface area contributed by atoms with E-state index >= 15 is 0 Å². The lowest BCUT2D eigenvalue weighted by Gasteiger charge is -2.01. The number of unbranched alkanes of at least 4 members (excludes halogenated alkanes) is 1. The molecule has 17 heavy (non-hydrogen) atoms. The lowest BCUT2D eigenvalue weighted by molar-refractivity contribution is -0.137. The summed E-state index contributed by atoms with van der Waals surface area (Å²) in [4.78, 5) is 19.2. The van der Waals surface area contributed by atoms with E-state index in [9.17, 15) is 4.79 Å². The highest BCUT2D eigenvalue weighted by molar-refractivity contribution is 5.73. The molecular weight excluding hydrogens is 216 g/mol. The van der Waals surface area contributed by atoms with Crippen molar-refractivity contribution in [2.75, 3.05) is 0 Å². The minimum Gasteiger partial charge on any atom is -0.481 e. The van der Waals surface area contributed by atoms with Crippen molar-refractivity contribution >= 4 is 17.0 Å². The maximum absolute atomic E-state index is 10.4. The Bertz CT molecular complexity index is 526. The van der Waals surface area contributed by atoms with Gasteiger partial charge in [-0.3, -0.25) is 9.78 Å². The molecule has 2 aromatic rings. The third-order valence-electron chi connectivity index (χ3n) is 2.57. The van der Waals surface area contributed by atoms with E-state index in [0.29, 0.717) is 6.42 Å². The number of para-hydroxylation sites is 2. The van der Waals surface area contributed by atoms with Gasteiger partial charge in [0, 0.05) is 12.6 Å². The first kappa shape index (κ1) is 11.5. The SMILES string of the molecule is O=C(O)CCCCc1cnc2ccccc2n1. The smallest absolute Gasteiger partial charge is 0.303 e. The second-order valence-electron chi connectivity index (χ2n) is 3.95. The van der Waals surface area contributed by atoms with Gasteiger partial charge in [-0.1, -0.05) is 12.1 Å². The van der Waals surface area contributed by atoms with Crippen molar-refractivity contribution < 1.29 is 9.90 Å². The van der Waals surface area contributed by atoms with Crippen LogP contribution in [-0.4, -0.2) is 21.0 Å². The molecule has 4 nitrogen and oxygen atoms in total. The summed E-state index contributed by atoms with van der Waals surface area (Å²) in [5.41, 5.74) is 2.71. The highest BCUT2D eigenvalue weighted by atomic mass is 16.4. The maximum atomic E-state index is 10.4. The van der Waals surface area contributed by atoms with Crippen LogP contribution in [0, 0.1) is 0 Å². The molecule has 0 aliphatic carbocycles. The van der Waals surface area contributed by atoms with Crippen molar-refractivity contribution in [2.24, 2.45) is 0 Å². The molecule has 0 unspecified atom stereocenters. The lowest BCUT2D eigenvalue weighted by Crippen LogP contribution is -1.97. The van der Waals surface area contributed by atoms with Crippen LogP contribution in [0.3, 0.4) is 0 Å². The fraction of sp³-hybridized carbons (Fsp3) is 0.308. The zero-order valence-electron chi connectivity index (χ0n) is 9.47. The third-order valence-corrected chi connectivity index (χ3v) is 2.57. The molecule has 0 radical (unpaired) electrons. The second kappa shape index (κ2) is 5.39. The highest BCUT2D eigenvalue weighted by Gasteiger charge is 2.01. The number of aliphatic carboxylic acids is 1. The summed E-state index contributed by atoms with van der Waals surface area (Å²) in [6, 6.07) is 7.73. The number of hydrogen-bond acceptors (Lipinski definition) is 3. The first-order valence-corrected chi connectivity index (χ1v) is 5.68. The number of benzene rings is 1. The predicted molar refractivity (Wildman–Crippen MR) is 64.7 cm³/mol. The monoisotopic (exact) mass is 230 g/mol. The molecule has 88 valence electrons. The van der Waals surface area contributed by atoms with Crippen LogP contribution in [0.1, 0.15) is 25.0 Å². The summed E-state index contributed by atoms with van der Waals surface area (Å²) in [5, 5.41) is 8.52. The lowest BCUT2D eigenvalue weighted by atomic mass is 10.1. The van der Waals surface area contributed by atoms with Gasteiger partial charge >= 0.3 is 5.97 Å². The summed E-state index contributed by atoms with van der Waals surface area (Å²) in [6.07, 6.45) is 4.29. The number of carboxylic acids is 1. The van der Waals surface area contributed by atoms with Crippen molar-refractivity contribution in [1.29, 1.82) is 0 Å². The summed E-state index contributed by atoms with van der Waals surface area (Å²) < 4.78 is 0. The summed E-state index contributed by atoms with van der Waals surface area (Å²) in [7, 11) is 0. The molecule has 0 saturated carbocycles. The van der Waals surface area contributed by atoms with Crippen molar-refractivity contribution in [3.05, 3.63) is 36.2 Å². The molecular formula is C13H14N2O2. The normalized spacial score (nSPS) is 10.6. The Morgan fingerprint density at radius 3 is 2.71 bits per heavy atom. The molecule has 1 heterocycles. The van der Waals surface area contributed by atoms with E-state index in [1.165, 1.54) is 0 Å². The maximum Gasteiger partial charge on any atom is 0.303 e. The summed E-state index contributed by atoms with van der Waals surface area (Å²) >= 11 is 0. The Hall–Kier alpha value is -1.97. The average Bonchev–Trinajstić information content (AvgIpc) is 2.34. The van der Waals surface area contributed by atoms with Gasteiger partial charge in [-0.05, 0) is 31.4 Å². The fourth-order valence-corrected chi connectivity index (χ4v) is 1.70. The van der Waals surface area contributed by atoms with Gasteiger partial charge in [-0.15, -0.1) is 0 Å². The Morgan fingerprint density at radius 1 is 1.18 bits per heavy atom. The zero-order valence-corrected chi connectivity index (χ0v) is 9.47. The zero-order chi connectivity index (χ0) is 12.1. The average molecular weight is 230 g/mol. The number of carboxylic acid groups (broad SMARTS) is 1. The van der Waals surface area contributed by atoms with E-state index < -0.39 is 5.97 Å². The fourth-order valence-electron chi connectivity index (χ4n) is 1.70. The Balaban J connectivity index is 1.97. The van der Waals surface area contributed by atoms with Crippen LogP contribution in [0.25, 0.3) is 11.0 Å². The minimum absolute atomic E-state index is 0.223. The highest BCUT2D eigenvalue weighted by Crippen LogP contribution is 2.10. The van der Waals surface area contributed by atoms with E-state index in [0.717, 1.165) is 29.6 Å². The van der Waals surface area contributed by atoms with Crippen molar-refractivity contribution in [3.63, 3.8) is 0 Å². The number of aryl methyl sites for hydroxylation is 1. The summed E-state index contributed by atoms with van der Waals surface area (Å²) in [6.45, 7) is 0. The van der Waals surface area contributed by atoms with E-state index in [1.54, 1.807) is 6.20 Å². The van der Waals surface area contributed by atoms with Gasteiger partial charge in [-0.25, -0.2) is 4.98 Å². The van der Waals surface area contributed by atoms with Gasteiger partial charge in [0.2, 0.25) is 0 Å². The minimum atomic E-state index is -0.741. The Morgan fingerprint density at radius 2 is 1.94 bits per heavy atom. The Kier molecular flexibility index (Phi) is 3.65. The third kappa shape index (κ3) is 3.24. The van der Waals surface area contributed by atoms with Gasteiger partial charge in [0.15, 0.2) is 0 Å². The van der Waals surface area contributed by atoms with Crippen LogP contribution >= 0.6 is 0 Å². The molecule has 1 N–H and O–H groups in total. The number of nitrogens with zero attached hydrogens (tertiary/aromatic N) is 2. The number of fused-ring (bicyclic) bond motifs is 1. The van der Waals surface area contributed by atoms with E-state index in [-0.39, 0.29) is 6.42 Å².